The van der Waals surface area contributed by atoms with Gasteiger partial charge >= 0.3 is 0 Å². The summed E-state index contributed by atoms with van der Waals surface area (Å²) in [5.74, 6) is 0. The fourth-order valence-electron chi connectivity index (χ4n) is 1.80. The average molecular weight is 275 g/mol. The molecule has 0 spiro atoms. The highest BCUT2D eigenvalue weighted by atomic mass is 35.5. The molecule has 0 heterocycles. The lowest BCUT2D eigenvalue weighted by Gasteiger charge is -2.27. The highest BCUT2D eigenvalue weighted by Crippen LogP contribution is 2.31. The van der Waals surface area contributed by atoms with Gasteiger partial charge in [0.15, 0.2) is 0 Å². The van der Waals surface area contributed by atoms with Crippen LogP contribution in [-0.4, -0.2) is 17.7 Å². The van der Waals surface area contributed by atoms with E-state index in [2.05, 4.69) is 5.32 Å². The summed E-state index contributed by atoms with van der Waals surface area (Å²) in [7, 11) is 0. The van der Waals surface area contributed by atoms with Crippen LogP contribution in [0.3, 0.4) is 0 Å². The highest BCUT2D eigenvalue weighted by molar-refractivity contribution is 6.38. The number of anilines is 1. The van der Waals surface area contributed by atoms with Crippen molar-refractivity contribution in [3.8, 4) is 0 Å². The zero-order valence-electron chi connectivity index (χ0n) is 9.42. The molecule has 5 heteroatoms. The van der Waals surface area contributed by atoms with Gasteiger partial charge in [-0.1, -0.05) is 29.6 Å². The second-order valence-corrected chi connectivity index (χ2v) is 5.26. The van der Waals surface area contributed by atoms with Crippen molar-refractivity contribution in [2.75, 3.05) is 12.3 Å². The monoisotopic (exact) mass is 274 g/mol. The molecule has 1 aromatic rings. The standard InChI is InChI=1S/C12H16Cl2N2O/c13-9-4-7(5-10(14)12(9)15)11(17)6-16-8-2-1-3-8/h4-5,8,11,16-17H,1-3,6,15H2. The van der Waals surface area contributed by atoms with Crippen LogP contribution in [0.5, 0.6) is 0 Å². The molecule has 0 saturated heterocycles. The van der Waals surface area contributed by atoms with Gasteiger partial charge < -0.3 is 16.2 Å². The first-order valence-electron chi connectivity index (χ1n) is 5.74. The van der Waals surface area contributed by atoms with E-state index < -0.39 is 6.10 Å². The van der Waals surface area contributed by atoms with Crippen molar-refractivity contribution in [3.05, 3.63) is 27.7 Å². The van der Waals surface area contributed by atoms with E-state index in [1.54, 1.807) is 12.1 Å². The van der Waals surface area contributed by atoms with E-state index in [4.69, 9.17) is 28.9 Å². The largest absolute Gasteiger partial charge is 0.396 e. The summed E-state index contributed by atoms with van der Waals surface area (Å²) in [6.07, 6.45) is 3.05. The van der Waals surface area contributed by atoms with Crippen LogP contribution in [0.15, 0.2) is 12.1 Å². The molecular weight excluding hydrogens is 259 g/mol. The van der Waals surface area contributed by atoms with Crippen LogP contribution >= 0.6 is 23.2 Å². The Morgan fingerprint density at radius 1 is 1.35 bits per heavy atom. The van der Waals surface area contributed by atoms with Gasteiger partial charge in [-0.05, 0) is 30.5 Å². The molecule has 0 aliphatic heterocycles. The fraction of sp³-hybridized carbons (Fsp3) is 0.500. The third-order valence-corrected chi connectivity index (χ3v) is 3.82. The number of benzene rings is 1. The third-order valence-electron chi connectivity index (χ3n) is 3.19. The topological polar surface area (TPSA) is 58.3 Å². The van der Waals surface area contributed by atoms with Gasteiger partial charge in [-0.2, -0.15) is 0 Å². The molecule has 1 aromatic carbocycles. The molecule has 1 unspecified atom stereocenters. The molecule has 0 radical (unpaired) electrons. The summed E-state index contributed by atoms with van der Waals surface area (Å²) in [5, 5.41) is 14.1. The maximum absolute atomic E-state index is 10.0. The fourth-order valence-corrected chi connectivity index (χ4v) is 2.31. The third kappa shape index (κ3) is 3.05. The number of halogens is 2. The Labute approximate surface area is 111 Å². The van der Waals surface area contributed by atoms with E-state index in [-0.39, 0.29) is 0 Å². The number of hydrogen-bond donors (Lipinski definition) is 3. The molecule has 0 bridgehead atoms. The van der Waals surface area contributed by atoms with Gasteiger partial charge in [-0.15, -0.1) is 0 Å². The second-order valence-electron chi connectivity index (χ2n) is 4.45. The van der Waals surface area contributed by atoms with E-state index in [0.717, 1.165) is 0 Å². The Morgan fingerprint density at radius 2 is 1.94 bits per heavy atom. The first-order valence-corrected chi connectivity index (χ1v) is 6.49. The van der Waals surface area contributed by atoms with Crippen LogP contribution < -0.4 is 11.1 Å². The van der Waals surface area contributed by atoms with Crippen molar-refractivity contribution in [2.45, 2.75) is 31.4 Å². The molecular formula is C12H16Cl2N2O. The van der Waals surface area contributed by atoms with Gasteiger partial charge in [0.1, 0.15) is 0 Å². The van der Waals surface area contributed by atoms with Crippen LogP contribution in [0, 0.1) is 0 Å². The van der Waals surface area contributed by atoms with Crippen LogP contribution in [0.25, 0.3) is 0 Å². The Kier molecular flexibility index (Phi) is 4.15. The summed E-state index contributed by atoms with van der Waals surface area (Å²) < 4.78 is 0. The lowest BCUT2D eigenvalue weighted by Crippen LogP contribution is -2.37. The Morgan fingerprint density at radius 3 is 2.41 bits per heavy atom. The van der Waals surface area contributed by atoms with Crippen molar-refractivity contribution in [1.82, 2.24) is 5.32 Å². The number of nitrogens with two attached hydrogens (primary N) is 1. The molecule has 2 rings (SSSR count). The van der Waals surface area contributed by atoms with Crippen LogP contribution in [0.2, 0.25) is 10.0 Å². The van der Waals surface area contributed by atoms with Crippen LogP contribution in [-0.2, 0) is 0 Å². The molecule has 1 aliphatic carbocycles. The van der Waals surface area contributed by atoms with Crippen LogP contribution in [0.1, 0.15) is 30.9 Å². The lowest BCUT2D eigenvalue weighted by atomic mass is 9.93. The summed E-state index contributed by atoms with van der Waals surface area (Å²) in [5.41, 5.74) is 6.70. The molecule has 1 aliphatic rings. The first kappa shape index (κ1) is 13.0. The van der Waals surface area contributed by atoms with Gasteiger partial charge in [0.25, 0.3) is 0 Å². The Hall–Kier alpha value is -0.480. The number of hydrogen-bond acceptors (Lipinski definition) is 3. The quantitative estimate of drug-likeness (QED) is 0.740. The van der Waals surface area contributed by atoms with Crippen molar-refractivity contribution in [1.29, 1.82) is 0 Å². The molecule has 94 valence electrons. The molecule has 17 heavy (non-hydrogen) atoms. The SMILES string of the molecule is Nc1c(Cl)cc(C(O)CNC2CCC2)cc1Cl. The molecule has 1 fully saturated rings. The number of nitrogen functional groups attached to an aromatic ring is 1. The van der Waals surface area contributed by atoms with E-state index in [0.29, 0.717) is 33.9 Å². The Bertz CT molecular complexity index is 384. The minimum atomic E-state index is -0.605. The van der Waals surface area contributed by atoms with Crippen LogP contribution in [0.4, 0.5) is 5.69 Å². The molecule has 4 N–H and O–H groups in total. The Balaban J connectivity index is 2.00. The minimum absolute atomic E-state index is 0.358. The van der Waals surface area contributed by atoms with E-state index in [9.17, 15) is 5.11 Å². The summed E-state index contributed by atoms with van der Waals surface area (Å²) in [6, 6.07) is 3.87. The predicted octanol–water partition coefficient (Wildman–Crippen LogP) is 2.75. The molecule has 1 saturated carbocycles. The normalized spacial score (nSPS) is 17.8. The van der Waals surface area contributed by atoms with Gasteiger partial charge in [0, 0.05) is 12.6 Å². The smallest absolute Gasteiger partial charge is 0.0915 e. The summed E-state index contributed by atoms with van der Waals surface area (Å²) in [6.45, 7) is 0.515. The minimum Gasteiger partial charge on any atom is -0.396 e. The maximum Gasteiger partial charge on any atom is 0.0915 e. The first-order chi connectivity index (χ1) is 8.08. The number of nitrogens with one attached hydrogen (secondary N) is 1. The van der Waals surface area contributed by atoms with Crippen molar-refractivity contribution in [2.24, 2.45) is 0 Å². The molecule has 1 atom stereocenters. The zero-order chi connectivity index (χ0) is 12.4. The zero-order valence-corrected chi connectivity index (χ0v) is 10.9. The maximum atomic E-state index is 10.0. The van der Waals surface area contributed by atoms with Gasteiger partial charge in [0.2, 0.25) is 0 Å². The van der Waals surface area contributed by atoms with Crippen molar-refractivity contribution >= 4 is 28.9 Å². The van der Waals surface area contributed by atoms with Crippen molar-refractivity contribution < 1.29 is 5.11 Å². The number of rotatable bonds is 4. The average Bonchev–Trinajstić information content (AvgIpc) is 2.22. The summed E-state index contributed by atoms with van der Waals surface area (Å²) >= 11 is 11.8. The van der Waals surface area contributed by atoms with E-state index >= 15 is 0 Å². The molecule has 3 nitrogen and oxygen atoms in total. The highest BCUT2D eigenvalue weighted by Gasteiger charge is 2.19. The lowest BCUT2D eigenvalue weighted by molar-refractivity contribution is 0.161. The molecule has 0 aromatic heterocycles. The van der Waals surface area contributed by atoms with E-state index in [1.807, 2.05) is 0 Å². The second kappa shape index (κ2) is 5.44. The van der Waals surface area contributed by atoms with Crippen molar-refractivity contribution in [3.63, 3.8) is 0 Å². The van der Waals surface area contributed by atoms with Gasteiger partial charge in [0.05, 0.1) is 21.8 Å². The van der Waals surface area contributed by atoms with Gasteiger partial charge in [-0.25, -0.2) is 0 Å². The van der Waals surface area contributed by atoms with E-state index in [1.165, 1.54) is 19.3 Å². The summed E-state index contributed by atoms with van der Waals surface area (Å²) in [4.78, 5) is 0. The molecule has 0 amide bonds. The van der Waals surface area contributed by atoms with Gasteiger partial charge in [-0.3, -0.25) is 0 Å². The number of aliphatic hydroxyl groups excluding tert-OH is 1. The predicted molar refractivity (Wildman–Crippen MR) is 71.5 cm³/mol. The number of aliphatic hydroxyl groups is 1.